The molecule has 1 aromatic carbocycles. The zero-order valence-corrected chi connectivity index (χ0v) is 21.9. The summed E-state index contributed by atoms with van der Waals surface area (Å²) in [7, 11) is -2.46. The van der Waals surface area contributed by atoms with Gasteiger partial charge in [0.05, 0.1) is 12.8 Å². The van der Waals surface area contributed by atoms with Crippen LogP contribution in [0.1, 0.15) is 31.0 Å². The molecule has 3 rings (SSSR count). The average Bonchev–Trinajstić information content (AvgIpc) is 2.85. The second-order valence-electron chi connectivity index (χ2n) is 8.32. The van der Waals surface area contributed by atoms with Crippen molar-refractivity contribution in [3.05, 3.63) is 54.1 Å². The first kappa shape index (κ1) is 29.2. The van der Waals surface area contributed by atoms with Crippen molar-refractivity contribution in [1.29, 1.82) is 0 Å². The topological polar surface area (TPSA) is 159 Å². The predicted octanol–water partition coefficient (Wildman–Crippen LogP) is 3.34. The van der Waals surface area contributed by atoms with Crippen molar-refractivity contribution in [2.24, 2.45) is 0 Å². The zero-order chi connectivity index (χ0) is 28.8. The van der Waals surface area contributed by atoms with E-state index in [0.29, 0.717) is 17.6 Å². The van der Waals surface area contributed by atoms with Gasteiger partial charge in [0.25, 0.3) is 0 Å². The molecule has 0 saturated carbocycles. The Balaban J connectivity index is 1.83. The van der Waals surface area contributed by atoms with Crippen LogP contribution in [-0.2, 0) is 32.3 Å². The number of carbonyl (C=O) groups is 2. The highest BCUT2D eigenvalue weighted by Crippen LogP contribution is 2.34. The summed E-state index contributed by atoms with van der Waals surface area (Å²) < 4.78 is 65.7. The van der Waals surface area contributed by atoms with E-state index in [1.165, 1.54) is 32.4 Å². The normalized spacial score (nSPS) is 11.5. The highest BCUT2D eigenvalue weighted by atomic mass is 32.2. The summed E-state index contributed by atoms with van der Waals surface area (Å²) in [6, 6.07) is 6.31. The molecule has 0 unspecified atom stereocenters. The minimum atomic E-state index is -4.79. The van der Waals surface area contributed by atoms with Gasteiger partial charge in [-0.15, -0.1) is 0 Å². The van der Waals surface area contributed by atoms with Crippen LogP contribution in [-0.4, -0.2) is 53.3 Å². The number of benzene rings is 1. The number of amides is 1. The number of nitrogens with zero attached hydrogens (tertiary/aromatic N) is 5. The van der Waals surface area contributed by atoms with Gasteiger partial charge in [-0.25, -0.2) is 18.4 Å². The van der Waals surface area contributed by atoms with Crippen LogP contribution in [0.5, 0.6) is 0 Å². The molecule has 0 fully saturated rings. The van der Waals surface area contributed by atoms with Crippen molar-refractivity contribution in [2.75, 3.05) is 33.6 Å². The Hall–Kier alpha value is -4.34. The highest BCUT2D eigenvalue weighted by molar-refractivity contribution is 7.92. The fraction of sp³-hybridized carbons (Fsp3) is 0.304. The Morgan fingerprint density at radius 3 is 2.41 bits per heavy atom. The number of Topliss-reactive ketones (excluding diaryl/α,β-unsaturated/α-hetero) is 1. The lowest BCUT2D eigenvalue weighted by molar-refractivity contribution is -0.137. The van der Waals surface area contributed by atoms with E-state index in [9.17, 15) is 31.2 Å². The van der Waals surface area contributed by atoms with Crippen LogP contribution < -0.4 is 20.3 Å². The number of alkyl halides is 3. The molecule has 1 amide bonds. The van der Waals surface area contributed by atoms with E-state index >= 15 is 0 Å². The van der Waals surface area contributed by atoms with Crippen LogP contribution >= 0.6 is 0 Å². The Kier molecular flexibility index (Phi) is 9.00. The number of aromatic nitrogens is 4. The standard InChI is InChI=1S/C23H25F3N8O4S/c1-14(35)7-8-19(36)31-15-5-4-6-16(11-15)32-22-30-12-17(23(24,25)26)20(33-22)29-13-18-21(28-10-9-27-18)34(2)39(3,37)38/h4-6,9-12H,7-8,13H2,1-3H3,(H,31,36)(H2,29,30,32,33). The summed E-state index contributed by atoms with van der Waals surface area (Å²) in [5.74, 6) is -1.31. The lowest BCUT2D eigenvalue weighted by Gasteiger charge is -2.19. The lowest BCUT2D eigenvalue weighted by Crippen LogP contribution is -2.27. The summed E-state index contributed by atoms with van der Waals surface area (Å²) in [6.45, 7) is 1.05. The summed E-state index contributed by atoms with van der Waals surface area (Å²) >= 11 is 0. The van der Waals surface area contributed by atoms with E-state index < -0.39 is 27.6 Å². The molecule has 0 aliphatic heterocycles. The van der Waals surface area contributed by atoms with Gasteiger partial charge in [0, 0.05) is 49.9 Å². The van der Waals surface area contributed by atoms with Gasteiger partial charge in [-0.05, 0) is 25.1 Å². The summed E-state index contributed by atoms with van der Waals surface area (Å²) in [5, 5.41) is 7.97. The largest absolute Gasteiger partial charge is 0.421 e. The maximum atomic E-state index is 13.7. The molecule has 0 radical (unpaired) electrons. The van der Waals surface area contributed by atoms with Gasteiger partial charge in [-0.1, -0.05) is 6.07 Å². The Morgan fingerprint density at radius 2 is 1.74 bits per heavy atom. The third-order valence-electron chi connectivity index (χ3n) is 5.17. The number of sulfonamides is 1. The minimum absolute atomic E-state index is 0.0114. The van der Waals surface area contributed by atoms with Gasteiger partial charge in [0.2, 0.25) is 21.9 Å². The van der Waals surface area contributed by atoms with Crippen molar-refractivity contribution in [1.82, 2.24) is 19.9 Å². The van der Waals surface area contributed by atoms with E-state index in [1.54, 1.807) is 18.2 Å². The third-order valence-corrected chi connectivity index (χ3v) is 6.34. The number of nitrogens with one attached hydrogen (secondary N) is 3. The summed E-state index contributed by atoms with van der Waals surface area (Å²) in [6.07, 6.45) is -0.591. The Labute approximate surface area is 222 Å². The molecule has 0 aliphatic carbocycles. The van der Waals surface area contributed by atoms with Crippen LogP contribution in [0.3, 0.4) is 0 Å². The summed E-state index contributed by atoms with van der Waals surface area (Å²) in [4.78, 5) is 38.8. The molecule has 0 saturated heterocycles. The molecule has 12 nitrogen and oxygen atoms in total. The molecule has 208 valence electrons. The number of anilines is 5. The first-order chi connectivity index (χ1) is 18.2. The van der Waals surface area contributed by atoms with E-state index in [0.717, 1.165) is 10.6 Å². The second kappa shape index (κ2) is 12.0. The summed E-state index contributed by atoms with van der Waals surface area (Å²) in [5.41, 5.74) is -0.318. The van der Waals surface area contributed by atoms with E-state index in [2.05, 4.69) is 35.9 Å². The molecule has 0 bridgehead atoms. The van der Waals surface area contributed by atoms with E-state index in [1.807, 2.05) is 0 Å². The van der Waals surface area contributed by atoms with Crippen LogP contribution in [0.25, 0.3) is 0 Å². The van der Waals surface area contributed by atoms with Gasteiger partial charge in [0.1, 0.15) is 22.9 Å². The number of hydrogen-bond acceptors (Lipinski definition) is 10. The maximum Gasteiger partial charge on any atom is 0.421 e. The highest BCUT2D eigenvalue weighted by Gasteiger charge is 2.35. The SMILES string of the molecule is CC(=O)CCC(=O)Nc1cccc(Nc2ncc(C(F)(F)F)c(NCc3nccnc3N(C)S(C)(=O)=O)n2)c1. The van der Waals surface area contributed by atoms with Crippen molar-refractivity contribution < 1.29 is 31.2 Å². The number of carbonyl (C=O) groups excluding carboxylic acids is 2. The molecule has 2 heterocycles. The fourth-order valence-electron chi connectivity index (χ4n) is 3.17. The van der Waals surface area contributed by atoms with Crippen molar-refractivity contribution >= 4 is 50.7 Å². The average molecular weight is 567 g/mol. The second-order valence-corrected chi connectivity index (χ2v) is 10.3. The lowest BCUT2D eigenvalue weighted by atomic mass is 10.2. The molecule has 0 atom stereocenters. The van der Waals surface area contributed by atoms with Crippen molar-refractivity contribution in [2.45, 2.75) is 32.5 Å². The first-order valence-corrected chi connectivity index (χ1v) is 13.2. The molecule has 39 heavy (non-hydrogen) atoms. The van der Waals surface area contributed by atoms with Crippen molar-refractivity contribution in [3.63, 3.8) is 0 Å². The molecule has 3 N–H and O–H groups in total. The molecule has 2 aromatic heterocycles. The van der Waals surface area contributed by atoms with Gasteiger partial charge in [0.15, 0.2) is 5.82 Å². The quantitative estimate of drug-likeness (QED) is 0.314. The van der Waals surface area contributed by atoms with E-state index in [4.69, 9.17) is 0 Å². The van der Waals surface area contributed by atoms with Gasteiger partial charge < -0.3 is 20.7 Å². The van der Waals surface area contributed by atoms with Gasteiger partial charge in [-0.2, -0.15) is 18.2 Å². The van der Waals surface area contributed by atoms with Gasteiger partial charge >= 0.3 is 6.18 Å². The fourth-order valence-corrected chi connectivity index (χ4v) is 3.64. The number of ketones is 1. The first-order valence-electron chi connectivity index (χ1n) is 11.3. The monoisotopic (exact) mass is 566 g/mol. The van der Waals surface area contributed by atoms with Crippen LogP contribution in [0.2, 0.25) is 0 Å². The smallest absolute Gasteiger partial charge is 0.364 e. The Bertz CT molecular complexity index is 1470. The number of halogens is 3. The third kappa shape index (κ3) is 8.33. The molecular weight excluding hydrogens is 541 g/mol. The van der Waals surface area contributed by atoms with Crippen LogP contribution in [0.4, 0.5) is 42.1 Å². The molecule has 0 aliphatic rings. The molecule has 16 heteroatoms. The predicted molar refractivity (Wildman–Crippen MR) is 138 cm³/mol. The van der Waals surface area contributed by atoms with Crippen molar-refractivity contribution in [3.8, 4) is 0 Å². The Morgan fingerprint density at radius 1 is 1.05 bits per heavy atom. The van der Waals surface area contributed by atoms with Crippen LogP contribution in [0, 0.1) is 0 Å². The van der Waals surface area contributed by atoms with E-state index in [-0.39, 0.29) is 48.5 Å². The zero-order valence-electron chi connectivity index (χ0n) is 21.1. The number of rotatable bonds is 11. The van der Waals surface area contributed by atoms with Crippen LogP contribution in [0.15, 0.2) is 42.9 Å². The minimum Gasteiger partial charge on any atom is -0.364 e. The maximum absolute atomic E-state index is 13.7. The molecule has 3 aromatic rings. The molecule has 0 spiro atoms. The van der Waals surface area contributed by atoms with Gasteiger partial charge in [-0.3, -0.25) is 14.1 Å². The number of hydrogen-bond donors (Lipinski definition) is 3. The molecular formula is C23H25F3N8O4S.